The largest absolute Gasteiger partial charge is 0.480 e. The molecular formula is C14H27N5O6. The summed E-state index contributed by atoms with van der Waals surface area (Å²) in [5, 5.41) is 24.4. The molecule has 0 aromatic heterocycles. The molecule has 0 fully saturated rings. The fraction of sp³-hybridized carbons (Fsp3) is 0.714. The van der Waals surface area contributed by atoms with E-state index in [4.69, 9.17) is 21.7 Å². The van der Waals surface area contributed by atoms with Gasteiger partial charge in [-0.2, -0.15) is 0 Å². The third kappa shape index (κ3) is 9.59. The summed E-state index contributed by atoms with van der Waals surface area (Å²) in [5.41, 5.74) is 10.8. The predicted octanol–water partition coefficient (Wildman–Crippen LogP) is -3.37. The number of carbonyl (C=O) groups excluding carboxylic acids is 3. The van der Waals surface area contributed by atoms with Gasteiger partial charge < -0.3 is 37.6 Å². The number of hydrogen-bond donors (Lipinski definition) is 7. The Hall–Kier alpha value is -2.24. The van der Waals surface area contributed by atoms with E-state index < -0.39 is 55.0 Å². The molecule has 25 heavy (non-hydrogen) atoms. The van der Waals surface area contributed by atoms with Gasteiger partial charge in [-0.15, -0.1) is 0 Å². The normalized spacial score (nSPS) is 14.1. The second kappa shape index (κ2) is 12.2. The van der Waals surface area contributed by atoms with Crippen LogP contribution in [0.3, 0.4) is 0 Å². The monoisotopic (exact) mass is 361 g/mol. The molecule has 0 bridgehead atoms. The lowest BCUT2D eigenvalue weighted by atomic mass is 10.1. The SMILES string of the molecule is CC(N)C(=O)NC(CCCCN)C(=O)NCC(=O)NC(CO)C(=O)O. The van der Waals surface area contributed by atoms with Crippen LogP contribution in [0.1, 0.15) is 26.2 Å². The van der Waals surface area contributed by atoms with Gasteiger partial charge in [0.2, 0.25) is 17.7 Å². The van der Waals surface area contributed by atoms with Crippen molar-refractivity contribution in [3.05, 3.63) is 0 Å². The van der Waals surface area contributed by atoms with Crippen molar-refractivity contribution >= 4 is 23.7 Å². The summed E-state index contributed by atoms with van der Waals surface area (Å²) in [6.45, 7) is 0.638. The zero-order valence-electron chi connectivity index (χ0n) is 14.2. The highest BCUT2D eigenvalue weighted by Crippen LogP contribution is 2.01. The Kier molecular flexibility index (Phi) is 11.1. The first-order chi connectivity index (χ1) is 11.7. The van der Waals surface area contributed by atoms with Crippen LogP contribution in [0.2, 0.25) is 0 Å². The van der Waals surface area contributed by atoms with E-state index in [0.29, 0.717) is 25.8 Å². The number of aliphatic hydroxyl groups excluding tert-OH is 1. The summed E-state index contributed by atoms with van der Waals surface area (Å²) >= 11 is 0. The Bertz CT molecular complexity index is 471. The van der Waals surface area contributed by atoms with E-state index in [1.807, 2.05) is 5.32 Å². The van der Waals surface area contributed by atoms with Gasteiger partial charge in [0.1, 0.15) is 12.1 Å². The van der Waals surface area contributed by atoms with E-state index in [9.17, 15) is 19.2 Å². The van der Waals surface area contributed by atoms with E-state index in [0.717, 1.165) is 0 Å². The second-order valence-electron chi connectivity index (χ2n) is 5.49. The third-order valence-corrected chi connectivity index (χ3v) is 3.23. The fourth-order valence-electron chi connectivity index (χ4n) is 1.79. The second-order valence-corrected chi connectivity index (χ2v) is 5.49. The molecule has 0 radical (unpaired) electrons. The number of carbonyl (C=O) groups is 4. The molecule has 0 aliphatic heterocycles. The molecule has 0 heterocycles. The quantitative estimate of drug-likeness (QED) is 0.175. The van der Waals surface area contributed by atoms with Crippen molar-refractivity contribution in [3.8, 4) is 0 Å². The number of carboxylic acid groups (broad SMARTS) is 1. The van der Waals surface area contributed by atoms with Crippen LogP contribution in [-0.4, -0.2) is 71.7 Å². The number of carboxylic acids is 1. The number of amides is 3. The smallest absolute Gasteiger partial charge is 0.328 e. The third-order valence-electron chi connectivity index (χ3n) is 3.23. The standard InChI is InChI=1S/C14H27N5O6/c1-8(16)12(22)19-9(4-2-3-5-15)13(23)17-6-11(21)18-10(7-20)14(24)25/h8-10,20H,2-7,15-16H2,1H3,(H,17,23)(H,18,21)(H,19,22)(H,24,25). The van der Waals surface area contributed by atoms with Crippen LogP contribution in [-0.2, 0) is 19.2 Å². The summed E-state index contributed by atoms with van der Waals surface area (Å²) < 4.78 is 0. The van der Waals surface area contributed by atoms with Crippen LogP contribution in [0.4, 0.5) is 0 Å². The van der Waals surface area contributed by atoms with E-state index >= 15 is 0 Å². The topological polar surface area (TPSA) is 197 Å². The van der Waals surface area contributed by atoms with Gasteiger partial charge >= 0.3 is 5.97 Å². The minimum absolute atomic E-state index is 0.317. The average Bonchev–Trinajstić information content (AvgIpc) is 2.56. The van der Waals surface area contributed by atoms with Crippen molar-refractivity contribution in [1.82, 2.24) is 16.0 Å². The first-order valence-electron chi connectivity index (χ1n) is 7.89. The van der Waals surface area contributed by atoms with E-state index in [-0.39, 0.29) is 0 Å². The van der Waals surface area contributed by atoms with Crippen LogP contribution < -0.4 is 27.4 Å². The van der Waals surface area contributed by atoms with Crippen LogP contribution in [0, 0.1) is 0 Å². The number of nitrogens with two attached hydrogens (primary N) is 2. The van der Waals surface area contributed by atoms with Crippen molar-refractivity contribution in [1.29, 1.82) is 0 Å². The number of aliphatic carboxylic acids is 1. The maximum atomic E-state index is 12.1. The molecule has 0 aliphatic rings. The van der Waals surface area contributed by atoms with Gasteiger partial charge in [-0.05, 0) is 32.7 Å². The molecule has 144 valence electrons. The number of hydrogen-bond acceptors (Lipinski definition) is 7. The molecule has 11 heteroatoms. The summed E-state index contributed by atoms with van der Waals surface area (Å²) in [6, 6.07) is -3.14. The van der Waals surface area contributed by atoms with Gasteiger partial charge in [0.05, 0.1) is 19.2 Å². The van der Waals surface area contributed by atoms with Crippen molar-refractivity contribution in [2.24, 2.45) is 11.5 Å². The molecular weight excluding hydrogens is 334 g/mol. The van der Waals surface area contributed by atoms with Crippen molar-refractivity contribution in [2.75, 3.05) is 19.7 Å². The lowest BCUT2D eigenvalue weighted by Crippen LogP contribution is -2.53. The zero-order chi connectivity index (χ0) is 19.4. The summed E-state index contributed by atoms with van der Waals surface area (Å²) in [4.78, 5) is 46.1. The fourth-order valence-corrected chi connectivity index (χ4v) is 1.79. The Morgan fingerprint density at radius 2 is 1.68 bits per heavy atom. The van der Waals surface area contributed by atoms with E-state index in [1.165, 1.54) is 6.92 Å². The minimum atomic E-state index is -1.46. The maximum Gasteiger partial charge on any atom is 0.328 e. The molecule has 0 aliphatic carbocycles. The summed E-state index contributed by atoms with van der Waals surface area (Å²) in [7, 11) is 0. The molecule has 0 aromatic rings. The predicted molar refractivity (Wildman–Crippen MR) is 88.1 cm³/mol. The van der Waals surface area contributed by atoms with Gasteiger partial charge in [-0.25, -0.2) is 4.79 Å². The number of aliphatic hydroxyl groups is 1. The average molecular weight is 361 g/mol. The van der Waals surface area contributed by atoms with E-state index in [2.05, 4.69) is 10.6 Å². The first-order valence-corrected chi connectivity index (χ1v) is 7.89. The van der Waals surface area contributed by atoms with Crippen molar-refractivity contribution in [2.45, 2.75) is 44.3 Å². The van der Waals surface area contributed by atoms with E-state index in [1.54, 1.807) is 0 Å². The highest BCUT2D eigenvalue weighted by atomic mass is 16.4. The molecule has 11 nitrogen and oxygen atoms in total. The molecule has 0 spiro atoms. The lowest BCUT2D eigenvalue weighted by Gasteiger charge is -2.20. The molecule has 0 saturated carbocycles. The molecule has 3 amide bonds. The van der Waals surface area contributed by atoms with Crippen LogP contribution in [0.15, 0.2) is 0 Å². The van der Waals surface area contributed by atoms with Gasteiger partial charge in [0.25, 0.3) is 0 Å². The van der Waals surface area contributed by atoms with Crippen LogP contribution in [0.25, 0.3) is 0 Å². The Balaban J connectivity index is 4.60. The van der Waals surface area contributed by atoms with Gasteiger partial charge in [0.15, 0.2) is 0 Å². The molecule has 3 atom stereocenters. The highest BCUT2D eigenvalue weighted by molar-refractivity contribution is 5.92. The van der Waals surface area contributed by atoms with Gasteiger partial charge in [0, 0.05) is 0 Å². The molecule has 3 unspecified atom stereocenters. The maximum absolute atomic E-state index is 12.1. The summed E-state index contributed by atoms with van der Waals surface area (Å²) in [5.74, 6) is -3.29. The highest BCUT2D eigenvalue weighted by Gasteiger charge is 2.23. The van der Waals surface area contributed by atoms with Gasteiger partial charge in [-0.1, -0.05) is 0 Å². The summed E-state index contributed by atoms with van der Waals surface area (Å²) in [6.07, 6.45) is 1.57. The van der Waals surface area contributed by atoms with Crippen molar-refractivity contribution in [3.63, 3.8) is 0 Å². The number of rotatable bonds is 12. The number of nitrogens with one attached hydrogen (secondary N) is 3. The molecule has 0 aromatic carbocycles. The Morgan fingerprint density at radius 3 is 2.16 bits per heavy atom. The number of unbranched alkanes of at least 4 members (excludes halogenated alkanes) is 1. The zero-order valence-corrected chi connectivity index (χ0v) is 14.2. The van der Waals surface area contributed by atoms with Crippen LogP contribution in [0.5, 0.6) is 0 Å². The lowest BCUT2D eigenvalue weighted by molar-refractivity contribution is -0.142. The first kappa shape index (κ1) is 22.8. The Morgan fingerprint density at radius 1 is 1.04 bits per heavy atom. The van der Waals surface area contributed by atoms with Gasteiger partial charge in [-0.3, -0.25) is 14.4 Å². The molecule has 0 saturated heterocycles. The van der Waals surface area contributed by atoms with Crippen LogP contribution >= 0.6 is 0 Å². The Labute approximate surface area is 145 Å². The minimum Gasteiger partial charge on any atom is -0.480 e. The van der Waals surface area contributed by atoms with Crippen molar-refractivity contribution < 1.29 is 29.4 Å². The molecule has 9 N–H and O–H groups in total. The molecule has 0 rings (SSSR count).